The number of benzene rings is 1. The molecule has 1 unspecified atom stereocenters. The molecule has 2 aliphatic heterocycles. The van der Waals surface area contributed by atoms with Gasteiger partial charge >= 0.3 is 0 Å². The van der Waals surface area contributed by atoms with Crippen LogP contribution in [0.2, 0.25) is 0 Å². The minimum atomic E-state index is -3.38. The zero-order chi connectivity index (χ0) is 16.3. The summed E-state index contributed by atoms with van der Waals surface area (Å²) in [6.45, 7) is 4.84. The molecule has 2 aliphatic rings. The van der Waals surface area contributed by atoms with E-state index in [0.29, 0.717) is 42.3 Å². The molecule has 1 aromatic carbocycles. The maximum Gasteiger partial charge on any atom is 0.243 e. The van der Waals surface area contributed by atoms with Crippen LogP contribution in [-0.2, 0) is 10.0 Å². The quantitative estimate of drug-likeness (QED) is 0.894. The van der Waals surface area contributed by atoms with Crippen molar-refractivity contribution in [1.82, 2.24) is 9.62 Å². The highest BCUT2D eigenvalue weighted by Gasteiger charge is 2.33. The number of piperidine rings is 1. The highest BCUT2D eigenvalue weighted by Crippen LogP contribution is 2.29. The lowest BCUT2D eigenvalue weighted by atomic mass is 9.89. The first-order valence-electron chi connectivity index (χ1n) is 8.57. The standard InChI is InChI=1S/C17H26N2O3S/c1-2-22-15-5-7-16(8-6-15)23(20,21)19-12-9-14(10-13-19)17-4-3-11-18-17/h5-8,14,17-18H,2-4,9-13H2,1H3. The van der Waals surface area contributed by atoms with Gasteiger partial charge in [-0.3, -0.25) is 0 Å². The molecule has 2 heterocycles. The third-order valence-electron chi connectivity index (χ3n) is 4.94. The second kappa shape index (κ2) is 7.20. The number of nitrogens with zero attached hydrogens (tertiary/aromatic N) is 1. The summed E-state index contributed by atoms with van der Waals surface area (Å²) in [5.41, 5.74) is 0. The summed E-state index contributed by atoms with van der Waals surface area (Å²) in [4.78, 5) is 0.360. The fraction of sp³-hybridized carbons (Fsp3) is 0.647. The van der Waals surface area contributed by atoms with Crippen LogP contribution in [0.15, 0.2) is 29.2 Å². The Morgan fingerprint density at radius 2 is 1.87 bits per heavy atom. The van der Waals surface area contributed by atoms with Crippen molar-refractivity contribution in [1.29, 1.82) is 0 Å². The Balaban J connectivity index is 1.63. The van der Waals surface area contributed by atoms with Crippen LogP contribution < -0.4 is 10.1 Å². The molecule has 0 spiro atoms. The third-order valence-corrected chi connectivity index (χ3v) is 6.85. The smallest absolute Gasteiger partial charge is 0.243 e. The van der Waals surface area contributed by atoms with Crippen molar-refractivity contribution >= 4 is 10.0 Å². The summed E-state index contributed by atoms with van der Waals surface area (Å²) >= 11 is 0. The monoisotopic (exact) mass is 338 g/mol. The van der Waals surface area contributed by atoms with Gasteiger partial charge in [-0.05, 0) is 69.3 Å². The Morgan fingerprint density at radius 1 is 1.17 bits per heavy atom. The van der Waals surface area contributed by atoms with Gasteiger partial charge in [0, 0.05) is 19.1 Å². The van der Waals surface area contributed by atoms with Gasteiger partial charge in [-0.25, -0.2) is 8.42 Å². The van der Waals surface area contributed by atoms with E-state index in [4.69, 9.17) is 4.74 Å². The van der Waals surface area contributed by atoms with E-state index >= 15 is 0 Å². The molecule has 0 saturated carbocycles. The Morgan fingerprint density at radius 3 is 2.43 bits per heavy atom. The predicted molar refractivity (Wildman–Crippen MR) is 90.1 cm³/mol. The molecule has 1 aromatic rings. The zero-order valence-electron chi connectivity index (χ0n) is 13.7. The minimum Gasteiger partial charge on any atom is -0.494 e. The summed E-state index contributed by atoms with van der Waals surface area (Å²) in [5.74, 6) is 1.32. The second-order valence-corrected chi connectivity index (χ2v) is 8.29. The molecule has 0 aromatic heterocycles. The van der Waals surface area contributed by atoms with Gasteiger partial charge in [0.1, 0.15) is 5.75 Å². The van der Waals surface area contributed by atoms with Crippen LogP contribution in [0.1, 0.15) is 32.6 Å². The summed E-state index contributed by atoms with van der Waals surface area (Å²) in [7, 11) is -3.38. The molecular formula is C17H26N2O3S. The van der Waals surface area contributed by atoms with Crippen molar-refractivity contribution in [3.63, 3.8) is 0 Å². The lowest BCUT2D eigenvalue weighted by Crippen LogP contribution is -2.43. The Hall–Kier alpha value is -1.11. The molecule has 6 heteroatoms. The fourth-order valence-electron chi connectivity index (χ4n) is 3.66. The number of ether oxygens (including phenoxy) is 1. The number of hydrogen-bond donors (Lipinski definition) is 1. The van der Waals surface area contributed by atoms with Gasteiger partial charge in [-0.15, -0.1) is 0 Å². The van der Waals surface area contributed by atoms with E-state index < -0.39 is 10.0 Å². The number of nitrogens with one attached hydrogen (secondary N) is 1. The number of sulfonamides is 1. The normalized spacial score (nSPS) is 24.0. The molecule has 0 radical (unpaired) electrons. The van der Waals surface area contributed by atoms with Crippen LogP contribution in [0.4, 0.5) is 0 Å². The molecular weight excluding hydrogens is 312 g/mol. The van der Waals surface area contributed by atoms with Crippen molar-refractivity contribution in [3.8, 4) is 5.75 Å². The van der Waals surface area contributed by atoms with E-state index in [1.54, 1.807) is 28.6 Å². The van der Waals surface area contributed by atoms with Crippen molar-refractivity contribution in [2.45, 2.75) is 43.5 Å². The molecule has 0 bridgehead atoms. The Labute approximate surface area is 139 Å². The SMILES string of the molecule is CCOc1ccc(S(=O)(=O)N2CCC(C3CCCN3)CC2)cc1. The average molecular weight is 338 g/mol. The lowest BCUT2D eigenvalue weighted by Gasteiger charge is -2.34. The fourth-order valence-corrected chi connectivity index (χ4v) is 5.13. The predicted octanol–water partition coefficient (Wildman–Crippen LogP) is 2.24. The van der Waals surface area contributed by atoms with Crippen LogP contribution in [0.25, 0.3) is 0 Å². The Bertz CT molecular complexity index is 601. The Kier molecular flexibility index (Phi) is 5.24. The van der Waals surface area contributed by atoms with E-state index in [0.717, 1.165) is 19.4 Å². The van der Waals surface area contributed by atoms with Crippen LogP contribution >= 0.6 is 0 Å². The van der Waals surface area contributed by atoms with Gasteiger partial charge in [-0.1, -0.05) is 0 Å². The molecule has 0 aliphatic carbocycles. The molecule has 1 N–H and O–H groups in total. The van der Waals surface area contributed by atoms with Gasteiger partial charge in [0.2, 0.25) is 10.0 Å². The first-order chi connectivity index (χ1) is 11.1. The first-order valence-corrected chi connectivity index (χ1v) is 10.0. The van der Waals surface area contributed by atoms with Crippen LogP contribution in [-0.4, -0.2) is 45.0 Å². The van der Waals surface area contributed by atoms with Gasteiger partial charge < -0.3 is 10.1 Å². The summed E-state index contributed by atoms with van der Waals surface area (Å²) in [5, 5.41) is 3.55. The highest BCUT2D eigenvalue weighted by atomic mass is 32.2. The molecule has 3 rings (SSSR count). The molecule has 128 valence electrons. The van der Waals surface area contributed by atoms with Crippen LogP contribution in [0.3, 0.4) is 0 Å². The minimum absolute atomic E-state index is 0.360. The van der Waals surface area contributed by atoms with E-state index in [9.17, 15) is 8.42 Å². The van der Waals surface area contributed by atoms with Crippen LogP contribution in [0, 0.1) is 5.92 Å². The van der Waals surface area contributed by atoms with Gasteiger partial charge in [0.25, 0.3) is 0 Å². The number of hydrogen-bond acceptors (Lipinski definition) is 4. The highest BCUT2D eigenvalue weighted by molar-refractivity contribution is 7.89. The van der Waals surface area contributed by atoms with Crippen molar-refractivity contribution in [2.24, 2.45) is 5.92 Å². The summed E-state index contributed by atoms with van der Waals surface area (Å²) < 4.78 is 32.5. The van der Waals surface area contributed by atoms with Crippen LogP contribution in [0.5, 0.6) is 5.75 Å². The maximum absolute atomic E-state index is 12.8. The third kappa shape index (κ3) is 3.70. The topological polar surface area (TPSA) is 58.6 Å². The van der Waals surface area contributed by atoms with E-state index in [2.05, 4.69) is 5.32 Å². The van der Waals surface area contributed by atoms with Crippen molar-refractivity contribution in [2.75, 3.05) is 26.2 Å². The zero-order valence-corrected chi connectivity index (χ0v) is 14.5. The largest absolute Gasteiger partial charge is 0.494 e. The van der Waals surface area contributed by atoms with E-state index in [1.165, 1.54) is 12.8 Å². The van der Waals surface area contributed by atoms with Gasteiger partial charge in [0.15, 0.2) is 0 Å². The first kappa shape index (κ1) is 16.7. The molecule has 0 amide bonds. The molecule has 2 saturated heterocycles. The molecule has 2 fully saturated rings. The van der Waals surface area contributed by atoms with Crippen molar-refractivity contribution < 1.29 is 13.2 Å². The van der Waals surface area contributed by atoms with Gasteiger partial charge in [0.05, 0.1) is 11.5 Å². The molecule has 1 atom stereocenters. The molecule has 5 nitrogen and oxygen atoms in total. The molecule has 23 heavy (non-hydrogen) atoms. The number of rotatable bonds is 5. The lowest BCUT2D eigenvalue weighted by molar-refractivity contribution is 0.234. The summed E-state index contributed by atoms with van der Waals surface area (Å²) in [6, 6.07) is 7.33. The van der Waals surface area contributed by atoms with E-state index in [1.807, 2.05) is 6.92 Å². The van der Waals surface area contributed by atoms with E-state index in [-0.39, 0.29) is 0 Å². The summed E-state index contributed by atoms with van der Waals surface area (Å²) in [6.07, 6.45) is 4.38. The average Bonchev–Trinajstić information content (AvgIpc) is 3.10. The second-order valence-electron chi connectivity index (χ2n) is 6.35. The van der Waals surface area contributed by atoms with Gasteiger partial charge in [-0.2, -0.15) is 4.31 Å². The van der Waals surface area contributed by atoms with Crippen molar-refractivity contribution in [3.05, 3.63) is 24.3 Å². The maximum atomic E-state index is 12.8.